The Bertz CT molecular complexity index is 486. The van der Waals surface area contributed by atoms with Crippen LogP contribution in [0.4, 0.5) is 5.69 Å². The van der Waals surface area contributed by atoms with Gasteiger partial charge in [-0.2, -0.15) is 5.10 Å². The quantitative estimate of drug-likeness (QED) is 0.793. The summed E-state index contributed by atoms with van der Waals surface area (Å²) in [5.74, 6) is 0. The molecule has 2 aromatic heterocycles. The largest absolute Gasteiger partial charge is 0.394 e. The highest BCUT2D eigenvalue weighted by atomic mass is 35.5. The summed E-state index contributed by atoms with van der Waals surface area (Å²) in [6.45, 7) is 1.27. The van der Waals surface area contributed by atoms with Crippen molar-refractivity contribution in [2.75, 3.05) is 11.9 Å². The average Bonchev–Trinajstić information content (AvgIpc) is 2.75. The van der Waals surface area contributed by atoms with Gasteiger partial charge in [0.05, 0.1) is 19.3 Å². The molecule has 0 aliphatic carbocycles. The van der Waals surface area contributed by atoms with Gasteiger partial charge in [0.2, 0.25) is 0 Å². The Hall–Kier alpha value is -1.59. The zero-order valence-electron chi connectivity index (χ0n) is 9.17. The Kier molecular flexibility index (Phi) is 3.95. The standard InChI is InChI=1S/C11H13ClN4O/c12-11-5-10(1-2-13-11)14-6-9-7-15-16(8-9)3-4-17/h1-2,5,7-8,17H,3-4,6H2,(H,13,14). The molecule has 0 atom stereocenters. The van der Waals surface area contributed by atoms with E-state index in [2.05, 4.69) is 15.4 Å². The Morgan fingerprint density at radius 1 is 1.47 bits per heavy atom. The second-order valence-electron chi connectivity index (χ2n) is 3.56. The fraction of sp³-hybridized carbons (Fsp3) is 0.273. The first-order valence-corrected chi connectivity index (χ1v) is 5.63. The van der Waals surface area contributed by atoms with Gasteiger partial charge in [0, 0.05) is 30.2 Å². The van der Waals surface area contributed by atoms with E-state index in [-0.39, 0.29) is 6.61 Å². The van der Waals surface area contributed by atoms with Gasteiger partial charge in [-0.25, -0.2) is 4.98 Å². The summed E-state index contributed by atoms with van der Waals surface area (Å²) in [5, 5.41) is 16.6. The van der Waals surface area contributed by atoms with E-state index in [0.29, 0.717) is 18.2 Å². The lowest BCUT2D eigenvalue weighted by atomic mass is 10.3. The average molecular weight is 253 g/mol. The van der Waals surface area contributed by atoms with E-state index < -0.39 is 0 Å². The first-order valence-electron chi connectivity index (χ1n) is 5.25. The predicted octanol–water partition coefficient (Wildman–Crippen LogP) is 1.54. The number of nitrogens with one attached hydrogen (secondary N) is 1. The van der Waals surface area contributed by atoms with Crippen LogP contribution in [0.1, 0.15) is 5.56 Å². The molecule has 2 heterocycles. The van der Waals surface area contributed by atoms with Crippen LogP contribution in [0.3, 0.4) is 0 Å². The molecule has 2 aromatic rings. The first-order chi connectivity index (χ1) is 8.28. The molecular formula is C11H13ClN4O. The Balaban J connectivity index is 1.93. The maximum atomic E-state index is 8.77. The molecule has 17 heavy (non-hydrogen) atoms. The summed E-state index contributed by atoms with van der Waals surface area (Å²) in [6.07, 6.45) is 5.32. The van der Waals surface area contributed by atoms with E-state index in [0.717, 1.165) is 11.3 Å². The number of halogens is 1. The second-order valence-corrected chi connectivity index (χ2v) is 3.94. The molecule has 5 nitrogen and oxygen atoms in total. The second kappa shape index (κ2) is 5.65. The third-order valence-electron chi connectivity index (χ3n) is 2.24. The van der Waals surface area contributed by atoms with Crippen molar-refractivity contribution in [1.29, 1.82) is 0 Å². The highest BCUT2D eigenvalue weighted by molar-refractivity contribution is 6.29. The summed E-state index contributed by atoms with van der Waals surface area (Å²) in [5.41, 5.74) is 1.96. The fourth-order valence-corrected chi connectivity index (χ4v) is 1.61. The van der Waals surface area contributed by atoms with Crippen LogP contribution in [-0.2, 0) is 13.1 Å². The van der Waals surface area contributed by atoms with Gasteiger partial charge < -0.3 is 10.4 Å². The van der Waals surface area contributed by atoms with Gasteiger partial charge in [0.25, 0.3) is 0 Å². The normalized spacial score (nSPS) is 10.5. The number of hydrogen-bond donors (Lipinski definition) is 2. The zero-order chi connectivity index (χ0) is 12.1. The summed E-state index contributed by atoms with van der Waals surface area (Å²) in [7, 11) is 0. The monoisotopic (exact) mass is 252 g/mol. The molecule has 0 aliphatic rings. The number of anilines is 1. The van der Waals surface area contributed by atoms with Gasteiger partial charge in [0.1, 0.15) is 5.15 Å². The fourth-order valence-electron chi connectivity index (χ4n) is 1.44. The van der Waals surface area contributed by atoms with E-state index in [1.54, 1.807) is 23.1 Å². The highest BCUT2D eigenvalue weighted by Crippen LogP contribution is 2.12. The summed E-state index contributed by atoms with van der Waals surface area (Å²) < 4.78 is 1.70. The molecule has 2 rings (SSSR count). The molecule has 6 heteroatoms. The third kappa shape index (κ3) is 3.44. The van der Waals surface area contributed by atoms with Crippen LogP contribution >= 0.6 is 11.6 Å². The smallest absolute Gasteiger partial charge is 0.131 e. The minimum atomic E-state index is 0.0918. The lowest BCUT2D eigenvalue weighted by Gasteiger charge is -2.04. The van der Waals surface area contributed by atoms with Crippen LogP contribution in [0, 0.1) is 0 Å². The van der Waals surface area contributed by atoms with Gasteiger partial charge in [-0.15, -0.1) is 0 Å². The number of rotatable bonds is 5. The van der Waals surface area contributed by atoms with Crippen molar-refractivity contribution in [1.82, 2.24) is 14.8 Å². The molecule has 0 bridgehead atoms. The number of hydrogen-bond acceptors (Lipinski definition) is 4. The van der Waals surface area contributed by atoms with E-state index in [9.17, 15) is 0 Å². The lowest BCUT2D eigenvalue weighted by Crippen LogP contribution is -2.02. The Morgan fingerprint density at radius 2 is 2.35 bits per heavy atom. The van der Waals surface area contributed by atoms with Crippen molar-refractivity contribution in [3.63, 3.8) is 0 Å². The number of nitrogens with zero attached hydrogens (tertiary/aromatic N) is 3. The predicted molar refractivity (Wildman–Crippen MR) is 65.9 cm³/mol. The molecule has 0 aromatic carbocycles. The van der Waals surface area contributed by atoms with Crippen LogP contribution in [0.5, 0.6) is 0 Å². The Labute approximate surface area is 104 Å². The van der Waals surface area contributed by atoms with Gasteiger partial charge in [-0.1, -0.05) is 11.6 Å². The van der Waals surface area contributed by atoms with Crippen molar-refractivity contribution < 1.29 is 5.11 Å². The third-order valence-corrected chi connectivity index (χ3v) is 2.45. The number of pyridine rings is 1. The molecule has 0 fully saturated rings. The summed E-state index contributed by atoms with van der Waals surface area (Å²) in [4.78, 5) is 3.90. The summed E-state index contributed by atoms with van der Waals surface area (Å²) in [6, 6.07) is 3.61. The van der Waals surface area contributed by atoms with Gasteiger partial charge in [-0.05, 0) is 12.1 Å². The molecule has 0 saturated carbocycles. The van der Waals surface area contributed by atoms with Crippen LogP contribution < -0.4 is 5.32 Å². The SMILES string of the molecule is OCCn1cc(CNc2ccnc(Cl)c2)cn1. The van der Waals surface area contributed by atoms with Gasteiger partial charge >= 0.3 is 0 Å². The zero-order valence-corrected chi connectivity index (χ0v) is 9.93. The van der Waals surface area contributed by atoms with Crippen molar-refractivity contribution in [2.24, 2.45) is 0 Å². The topological polar surface area (TPSA) is 63.0 Å². The van der Waals surface area contributed by atoms with E-state index in [4.69, 9.17) is 16.7 Å². The van der Waals surface area contributed by atoms with Gasteiger partial charge in [-0.3, -0.25) is 4.68 Å². The van der Waals surface area contributed by atoms with Crippen LogP contribution in [0.25, 0.3) is 0 Å². The number of aromatic nitrogens is 3. The van der Waals surface area contributed by atoms with Crippen molar-refractivity contribution in [2.45, 2.75) is 13.1 Å². The molecule has 90 valence electrons. The lowest BCUT2D eigenvalue weighted by molar-refractivity contribution is 0.269. The number of aliphatic hydroxyl groups excluding tert-OH is 1. The molecule has 0 unspecified atom stereocenters. The van der Waals surface area contributed by atoms with Crippen molar-refractivity contribution in [3.8, 4) is 0 Å². The van der Waals surface area contributed by atoms with Crippen LogP contribution in [0.15, 0.2) is 30.7 Å². The van der Waals surface area contributed by atoms with E-state index >= 15 is 0 Å². The molecule has 0 spiro atoms. The molecule has 0 aliphatic heterocycles. The minimum absolute atomic E-state index is 0.0918. The highest BCUT2D eigenvalue weighted by Gasteiger charge is 1.99. The molecule has 0 radical (unpaired) electrons. The molecule has 0 amide bonds. The van der Waals surface area contributed by atoms with Crippen molar-refractivity contribution in [3.05, 3.63) is 41.4 Å². The Morgan fingerprint density at radius 3 is 3.12 bits per heavy atom. The van der Waals surface area contributed by atoms with Gasteiger partial charge in [0.15, 0.2) is 0 Å². The number of aliphatic hydroxyl groups is 1. The first kappa shape index (κ1) is 11.9. The molecule has 2 N–H and O–H groups in total. The summed E-state index contributed by atoms with van der Waals surface area (Å²) >= 11 is 5.78. The molecular weight excluding hydrogens is 240 g/mol. The molecule has 0 saturated heterocycles. The van der Waals surface area contributed by atoms with Crippen LogP contribution in [0.2, 0.25) is 5.15 Å². The van der Waals surface area contributed by atoms with E-state index in [1.165, 1.54) is 0 Å². The van der Waals surface area contributed by atoms with Crippen molar-refractivity contribution >= 4 is 17.3 Å². The minimum Gasteiger partial charge on any atom is -0.394 e. The maximum Gasteiger partial charge on any atom is 0.131 e. The van der Waals surface area contributed by atoms with Crippen LogP contribution in [-0.4, -0.2) is 26.5 Å². The van der Waals surface area contributed by atoms with E-state index in [1.807, 2.05) is 12.3 Å². The maximum absolute atomic E-state index is 8.77.